The minimum absolute atomic E-state index is 0.0207. The summed E-state index contributed by atoms with van der Waals surface area (Å²) < 4.78 is 34.6. The molecule has 3 N–H and O–H groups in total. The molecule has 188 valence electrons. The number of ether oxygens (including phenoxy) is 1. The summed E-state index contributed by atoms with van der Waals surface area (Å²) in [6.45, 7) is 1.25. The van der Waals surface area contributed by atoms with Gasteiger partial charge in [-0.3, -0.25) is 29.1 Å². The summed E-state index contributed by atoms with van der Waals surface area (Å²) in [6, 6.07) is 1.17. The zero-order chi connectivity index (χ0) is 26.3. The molecule has 0 bridgehead atoms. The SMILES string of the molecule is COc1nn(CC(=O)Nc2c(C(N)=O)sc3nc(C(F)F)cc(-c4cnn(C)c4C)c23)cc1[N+](=O)[O-]. The third-order valence-corrected chi connectivity index (χ3v) is 6.42. The highest BCUT2D eigenvalue weighted by atomic mass is 32.1. The van der Waals surface area contributed by atoms with Gasteiger partial charge in [-0.15, -0.1) is 16.4 Å². The number of rotatable bonds is 8. The Balaban J connectivity index is 1.83. The third-order valence-electron chi connectivity index (χ3n) is 5.32. The lowest BCUT2D eigenvalue weighted by molar-refractivity contribution is -0.385. The summed E-state index contributed by atoms with van der Waals surface area (Å²) in [5, 5.41) is 21.9. The number of nitro groups is 1. The lowest BCUT2D eigenvalue weighted by Gasteiger charge is -2.11. The van der Waals surface area contributed by atoms with Crippen molar-refractivity contribution in [2.75, 3.05) is 12.4 Å². The molecule has 0 fully saturated rings. The van der Waals surface area contributed by atoms with Gasteiger partial charge in [0.15, 0.2) is 0 Å². The first kappa shape index (κ1) is 24.6. The zero-order valence-corrected chi connectivity index (χ0v) is 19.8. The van der Waals surface area contributed by atoms with Crippen LogP contribution >= 0.6 is 11.3 Å². The number of fused-ring (bicyclic) bond motifs is 1. The van der Waals surface area contributed by atoms with E-state index in [4.69, 9.17) is 10.5 Å². The van der Waals surface area contributed by atoms with E-state index in [0.717, 1.165) is 22.2 Å². The molecule has 4 aromatic heterocycles. The molecule has 16 heteroatoms. The van der Waals surface area contributed by atoms with Crippen LogP contribution < -0.4 is 15.8 Å². The molecule has 0 spiro atoms. The highest BCUT2D eigenvalue weighted by molar-refractivity contribution is 7.21. The number of carbonyl (C=O) groups excluding carboxylic acids is 2. The average molecular weight is 520 g/mol. The van der Waals surface area contributed by atoms with Crippen LogP contribution in [0.25, 0.3) is 21.3 Å². The standard InChI is InChI=1S/C20H18F2N8O5S/c1-8-10(5-24-28(8)2)9-4-11(17(21)22)25-20-14(9)15(16(36-20)18(23)32)26-13(31)7-29-6-12(30(33)34)19(27-29)35-3/h4-6,17H,7H2,1-3H3,(H2,23,32)(H,26,31). The maximum Gasteiger partial charge on any atom is 0.350 e. The number of nitrogens with zero attached hydrogens (tertiary/aromatic N) is 6. The summed E-state index contributed by atoms with van der Waals surface area (Å²) in [7, 11) is 2.87. The van der Waals surface area contributed by atoms with Crippen molar-refractivity contribution in [3.8, 4) is 17.0 Å². The van der Waals surface area contributed by atoms with Gasteiger partial charge in [-0.05, 0) is 18.6 Å². The van der Waals surface area contributed by atoms with Crippen LogP contribution in [0.5, 0.6) is 5.88 Å². The van der Waals surface area contributed by atoms with Crippen molar-refractivity contribution in [1.29, 1.82) is 0 Å². The topological polar surface area (TPSA) is 173 Å². The predicted octanol–water partition coefficient (Wildman–Crippen LogP) is 2.79. The van der Waals surface area contributed by atoms with E-state index >= 15 is 0 Å². The number of carbonyl (C=O) groups is 2. The Morgan fingerprint density at radius 1 is 1.36 bits per heavy atom. The summed E-state index contributed by atoms with van der Waals surface area (Å²) in [5.41, 5.74) is 5.94. The average Bonchev–Trinajstić information content (AvgIpc) is 3.49. The minimum atomic E-state index is -2.90. The number of methoxy groups -OCH3 is 1. The van der Waals surface area contributed by atoms with Gasteiger partial charge in [0.25, 0.3) is 12.3 Å². The largest absolute Gasteiger partial charge is 0.475 e. The second-order valence-corrected chi connectivity index (χ2v) is 8.54. The predicted molar refractivity (Wildman–Crippen MR) is 124 cm³/mol. The van der Waals surface area contributed by atoms with Crippen molar-refractivity contribution in [3.05, 3.63) is 44.8 Å². The molecule has 0 aliphatic rings. The molecular formula is C20H18F2N8O5S. The molecule has 36 heavy (non-hydrogen) atoms. The van der Waals surface area contributed by atoms with Crippen LogP contribution in [-0.4, -0.2) is 48.4 Å². The number of aryl methyl sites for hydroxylation is 1. The molecule has 0 aromatic carbocycles. The number of anilines is 1. The first-order valence-electron chi connectivity index (χ1n) is 10.1. The van der Waals surface area contributed by atoms with E-state index in [1.54, 1.807) is 18.7 Å². The quantitative estimate of drug-likeness (QED) is 0.263. The van der Waals surface area contributed by atoms with E-state index in [2.05, 4.69) is 20.5 Å². The third kappa shape index (κ3) is 4.33. The van der Waals surface area contributed by atoms with Gasteiger partial charge in [-0.1, -0.05) is 0 Å². The van der Waals surface area contributed by atoms with Crippen LogP contribution in [0, 0.1) is 17.0 Å². The Bertz CT molecular complexity index is 1530. The molecule has 4 aromatic rings. The van der Waals surface area contributed by atoms with Crippen molar-refractivity contribution < 1.29 is 28.0 Å². The van der Waals surface area contributed by atoms with Gasteiger partial charge in [0, 0.05) is 23.7 Å². The van der Waals surface area contributed by atoms with Gasteiger partial charge in [-0.2, -0.15) is 5.10 Å². The van der Waals surface area contributed by atoms with Crippen LogP contribution in [0.2, 0.25) is 0 Å². The van der Waals surface area contributed by atoms with Gasteiger partial charge >= 0.3 is 11.6 Å². The van der Waals surface area contributed by atoms with Gasteiger partial charge in [0.2, 0.25) is 5.91 Å². The number of aromatic nitrogens is 5. The number of alkyl halides is 2. The smallest absolute Gasteiger partial charge is 0.350 e. The molecule has 0 radical (unpaired) electrons. The number of nitrogens with two attached hydrogens (primary N) is 1. The highest BCUT2D eigenvalue weighted by Crippen LogP contribution is 2.43. The van der Waals surface area contributed by atoms with Crippen LogP contribution in [-0.2, 0) is 18.4 Å². The molecule has 0 unspecified atom stereocenters. The molecule has 0 saturated heterocycles. The summed E-state index contributed by atoms with van der Waals surface area (Å²) in [5.74, 6) is -1.91. The van der Waals surface area contributed by atoms with E-state index in [1.807, 2.05) is 0 Å². The molecule has 13 nitrogen and oxygen atoms in total. The van der Waals surface area contributed by atoms with Crippen molar-refractivity contribution in [2.24, 2.45) is 12.8 Å². The van der Waals surface area contributed by atoms with E-state index in [-0.39, 0.29) is 32.2 Å². The van der Waals surface area contributed by atoms with E-state index in [1.165, 1.54) is 19.4 Å². The summed E-state index contributed by atoms with van der Waals surface area (Å²) >= 11 is 0.755. The minimum Gasteiger partial charge on any atom is -0.475 e. The fraction of sp³-hybridized carbons (Fsp3) is 0.250. The molecule has 0 saturated carbocycles. The van der Waals surface area contributed by atoms with E-state index in [0.29, 0.717) is 11.3 Å². The molecule has 0 aliphatic heterocycles. The van der Waals surface area contributed by atoms with Gasteiger partial charge < -0.3 is 15.8 Å². The molecule has 4 rings (SSSR count). The van der Waals surface area contributed by atoms with Gasteiger partial charge in [0.1, 0.15) is 28.1 Å². The number of halogens is 2. The van der Waals surface area contributed by atoms with Crippen molar-refractivity contribution in [2.45, 2.75) is 19.9 Å². The lowest BCUT2D eigenvalue weighted by atomic mass is 10.0. The molecule has 0 aliphatic carbocycles. The normalized spacial score (nSPS) is 11.3. The van der Waals surface area contributed by atoms with Crippen molar-refractivity contribution >= 4 is 44.7 Å². The van der Waals surface area contributed by atoms with Crippen molar-refractivity contribution in [1.82, 2.24) is 24.5 Å². The Kier molecular flexibility index (Phi) is 6.36. The van der Waals surface area contributed by atoms with Gasteiger partial charge in [-0.25, -0.2) is 13.8 Å². The maximum absolute atomic E-state index is 13.6. The summed E-state index contributed by atoms with van der Waals surface area (Å²) in [6.07, 6.45) is -0.408. The van der Waals surface area contributed by atoms with Crippen molar-refractivity contribution in [3.63, 3.8) is 0 Å². The molecule has 2 amide bonds. The van der Waals surface area contributed by atoms with Crippen LogP contribution in [0.15, 0.2) is 18.5 Å². The summed E-state index contributed by atoms with van der Waals surface area (Å²) in [4.78, 5) is 39.4. The molecule has 4 heterocycles. The Hall–Kier alpha value is -4.47. The fourth-order valence-electron chi connectivity index (χ4n) is 3.57. The van der Waals surface area contributed by atoms with Crippen LogP contribution in [0.1, 0.15) is 27.5 Å². The zero-order valence-electron chi connectivity index (χ0n) is 19.0. The van der Waals surface area contributed by atoms with E-state index in [9.17, 15) is 28.5 Å². The lowest BCUT2D eigenvalue weighted by Crippen LogP contribution is -2.21. The fourth-order valence-corrected chi connectivity index (χ4v) is 4.58. The number of amides is 2. The van der Waals surface area contributed by atoms with E-state index < -0.39 is 41.1 Å². The second kappa shape index (κ2) is 9.29. The monoisotopic (exact) mass is 520 g/mol. The number of primary amides is 1. The first-order chi connectivity index (χ1) is 17.0. The second-order valence-electron chi connectivity index (χ2n) is 7.54. The van der Waals surface area contributed by atoms with Crippen LogP contribution in [0.4, 0.5) is 20.2 Å². The first-order valence-corrected chi connectivity index (χ1v) is 10.9. The van der Waals surface area contributed by atoms with Gasteiger partial charge in [0.05, 0.1) is 23.9 Å². The Labute approximate surface area is 204 Å². The molecule has 0 atom stereocenters. The molecular weight excluding hydrogens is 502 g/mol. The number of hydrogen-bond acceptors (Lipinski definition) is 9. The number of nitrogens with one attached hydrogen (secondary N) is 1. The number of hydrogen-bond donors (Lipinski definition) is 2. The maximum atomic E-state index is 13.6. The number of thiophene rings is 1. The Morgan fingerprint density at radius 2 is 2.08 bits per heavy atom. The highest BCUT2D eigenvalue weighted by Gasteiger charge is 2.27. The Morgan fingerprint density at radius 3 is 2.61 bits per heavy atom. The number of pyridine rings is 1. The van der Waals surface area contributed by atoms with Crippen LogP contribution in [0.3, 0.4) is 0 Å².